The molecule has 1 rings (SSSR count). The van der Waals surface area contributed by atoms with Crippen LogP contribution in [0.4, 0.5) is 0 Å². The first kappa shape index (κ1) is 15.3. The number of imidazole rings is 1. The Morgan fingerprint density at radius 1 is 1.18 bits per heavy atom. The first-order chi connectivity index (χ1) is 8.10. The molecule has 0 aliphatic carbocycles. The maximum absolute atomic E-state index is 10.7. The molecule has 0 saturated carbocycles. The molecule has 1 aromatic rings. The standard InChI is InChI=1S/C8H14O3.C4H6N2/c1-3-5-7(9)11-8(10)6-4-2;1-6-3-2-5-4-6/h3-6H2,1-2H3;2-4H,1H3. The molecule has 0 saturated heterocycles. The van der Waals surface area contributed by atoms with Crippen LogP contribution in [-0.2, 0) is 21.4 Å². The summed E-state index contributed by atoms with van der Waals surface area (Å²) < 4.78 is 6.34. The van der Waals surface area contributed by atoms with Gasteiger partial charge in [0.15, 0.2) is 0 Å². The Balaban J connectivity index is 0.000000354. The van der Waals surface area contributed by atoms with E-state index >= 15 is 0 Å². The van der Waals surface area contributed by atoms with E-state index in [1.165, 1.54) is 0 Å². The van der Waals surface area contributed by atoms with E-state index in [9.17, 15) is 9.59 Å². The number of hydrogen-bond acceptors (Lipinski definition) is 4. The van der Waals surface area contributed by atoms with Crippen molar-refractivity contribution in [2.24, 2.45) is 7.05 Å². The van der Waals surface area contributed by atoms with Crippen LogP contribution in [0.3, 0.4) is 0 Å². The molecule has 0 radical (unpaired) electrons. The average Bonchev–Trinajstić information content (AvgIpc) is 2.70. The van der Waals surface area contributed by atoms with Crippen molar-refractivity contribution in [3.8, 4) is 0 Å². The van der Waals surface area contributed by atoms with Crippen molar-refractivity contribution in [1.29, 1.82) is 0 Å². The lowest BCUT2D eigenvalue weighted by molar-refractivity contribution is -0.159. The summed E-state index contributed by atoms with van der Waals surface area (Å²) in [6.45, 7) is 3.73. The zero-order valence-electron chi connectivity index (χ0n) is 10.7. The second kappa shape index (κ2) is 9.57. The van der Waals surface area contributed by atoms with Gasteiger partial charge in [-0.1, -0.05) is 13.8 Å². The minimum Gasteiger partial charge on any atom is -0.393 e. The Labute approximate surface area is 102 Å². The maximum atomic E-state index is 10.7. The summed E-state index contributed by atoms with van der Waals surface area (Å²) in [5.41, 5.74) is 0. The van der Waals surface area contributed by atoms with Gasteiger partial charge in [-0.3, -0.25) is 9.59 Å². The van der Waals surface area contributed by atoms with Crippen molar-refractivity contribution in [2.75, 3.05) is 0 Å². The molecular weight excluding hydrogens is 220 g/mol. The molecule has 0 bridgehead atoms. The lowest BCUT2D eigenvalue weighted by Crippen LogP contribution is -2.10. The summed E-state index contributed by atoms with van der Waals surface area (Å²) in [6.07, 6.45) is 7.49. The van der Waals surface area contributed by atoms with Gasteiger partial charge in [-0.2, -0.15) is 0 Å². The topological polar surface area (TPSA) is 61.2 Å². The van der Waals surface area contributed by atoms with E-state index in [4.69, 9.17) is 0 Å². The second-order valence-electron chi connectivity index (χ2n) is 3.57. The molecule has 0 spiro atoms. The first-order valence-corrected chi connectivity index (χ1v) is 5.75. The average molecular weight is 240 g/mol. The third-order valence-corrected chi connectivity index (χ3v) is 1.77. The van der Waals surface area contributed by atoms with Gasteiger partial charge < -0.3 is 9.30 Å². The zero-order valence-corrected chi connectivity index (χ0v) is 10.7. The Kier molecular flexibility index (Phi) is 8.64. The Bertz CT molecular complexity index is 305. The van der Waals surface area contributed by atoms with Gasteiger partial charge in [0.1, 0.15) is 0 Å². The highest BCUT2D eigenvalue weighted by molar-refractivity contribution is 5.85. The second-order valence-corrected chi connectivity index (χ2v) is 3.57. The lowest BCUT2D eigenvalue weighted by Gasteiger charge is -1.98. The predicted octanol–water partition coefficient (Wildman–Crippen LogP) is 2.08. The molecular formula is C12H20N2O3. The molecule has 0 N–H and O–H groups in total. The maximum Gasteiger partial charge on any atom is 0.313 e. The van der Waals surface area contributed by atoms with Crippen molar-refractivity contribution in [2.45, 2.75) is 39.5 Å². The number of hydrogen-bond donors (Lipinski definition) is 0. The van der Waals surface area contributed by atoms with Crippen LogP contribution in [-0.4, -0.2) is 21.5 Å². The van der Waals surface area contributed by atoms with Crippen molar-refractivity contribution in [3.05, 3.63) is 18.7 Å². The predicted molar refractivity (Wildman–Crippen MR) is 64.1 cm³/mol. The van der Waals surface area contributed by atoms with Crippen molar-refractivity contribution >= 4 is 11.9 Å². The Morgan fingerprint density at radius 2 is 1.71 bits per heavy atom. The fourth-order valence-corrected chi connectivity index (χ4v) is 0.963. The number of aromatic nitrogens is 2. The van der Waals surface area contributed by atoms with Gasteiger partial charge in [-0.05, 0) is 12.8 Å². The molecule has 17 heavy (non-hydrogen) atoms. The Hall–Kier alpha value is -1.65. The van der Waals surface area contributed by atoms with Crippen LogP contribution in [0.25, 0.3) is 0 Å². The molecule has 0 fully saturated rings. The molecule has 96 valence electrons. The van der Waals surface area contributed by atoms with Gasteiger partial charge in [-0.25, -0.2) is 4.98 Å². The summed E-state index contributed by atoms with van der Waals surface area (Å²) >= 11 is 0. The van der Waals surface area contributed by atoms with Gasteiger partial charge in [0, 0.05) is 32.3 Å². The number of carbonyl (C=O) groups is 2. The van der Waals surface area contributed by atoms with Crippen molar-refractivity contribution in [1.82, 2.24) is 9.55 Å². The highest BCUT2D eigenvalue weighted by Crippen LogP contribution is 1.95. The molecule has 0 aromatic carbocycles. The number of ether oxygens (including phenoxy) is 1. The molecule has 0 unspecified atom stereocenters. The highest BCUT2D eigenvalue weighted by Gasteiger charge is 2.06. The van der Waals surface area contributed by atoms with E-state index in [1.807, 2.05) is 31.7 Å². The van der Waals surface area contributed by atoms with E-state index in [2.05, 4.69) is 9.72 Å². The van der Waals surface area contributed by atoms with Gasteiger partial charge in [-0.15, -0.1) is 0 Å². The number of aryl methyl sites for hydroxylation is 1. The fraction of sp³-hybridized carbons (Fsp3) is 0.583. The van der Waals surface area contributed by atoms with Crippen LogP contribution in [0.2, 0.25) is 0 Å². The monoisotopic (exact) mass is 240 g/mol. The largest absolute Gasteiger partial charge is 0.393 e. The summed E-state index contributed by atoms with van der Waals surface area (Å²) in [6, 6.07) is 0. The van der Waals surface area contributed by atoms with Gasteiger partial charge in [0.25, 0.3) is 0 Å². The van der Waals surface area contributed by atoms with Crippen molar-refractivity contribution in [3.63, 3.8) is 0 Å². The number of carbonyl (C=O) groups excluding carboxylic acids is 2. The molecule has 1 aromatic heterocycles. The summed E-state index contributed by atoms with van der Waals surface area (Å²) in [5, 5.41) is 0. The van der Waals surface area contributed by atoms with E-state index in [0.29, 0.717) is 12.8 Å². The van der Waals surface area contributed by atoms with E-state index in [-0.39, 0.29) is 0 Å². The van der Waals surface area contributed by atoms with Crippen LogP contribution in [0.1, 0.15) is 39.5 Å². The zero-order chi connectivity index (χ0) is 13.1. The van der Waals surface area contributed by atoms with Gasteiger partial charge >= 0.3 is 11.9 Å². The minimum absolute atomic E-state index is 0.329. The van der Waals surface area contributed by atoms with Gasteiger partial charge in [0.2, 0.25) is 0 Å². The van der Waals surface area contributed by atoms with E-state index < -0.39 is 11.9 Å². The van der Waals surface area contributed by atoms with Crippen LogP contribution < -0.4 is 0 Å². The third-order valence-electron chi connectivity index (χ3n) is 1.77. The summed E-state index contributed by atoms with van der Waals surface area (Å²) in [4.78, 5) is 25.2. The van der Waals surface area contributed by atoms with E-state index in [0.717, 1.165) is 12.8 Å². The fourth-order valence-electron chi connectivity index (χ4n) is 0.963. The first-order valence-electron chi connectivity index (χ1n) is 5.75. The van der Waals surface area contributed by atoms with Crippen LogP contribution in [0.5, 0.6) is 0 Å². The van der Waals surface area contributed by atoms with Crippen LogP contribution in [0.15, 0.2) is 18.7 Å². The molecule has 5 nitrogen and oxygen atoms in total. The van der Waals surface area contributed by atoms with Crippen LogP contribution in [0, 0.1) is 0 Å². The van der Waals surface area contributed by atoms with Crippen molar-refractivity contribution < 1.29 is 14.3 Å². The Morgan fingerprint density at radius 3 is 1.94 bits per heavy atom. The molecule has 0 amide bonds. The molecule has 1 heterocycles. The number of esters is 2. The lowest BCUT2D eigenvalue weighted by atomic mass is 10.3. The smallest absolute Gasteiger partial charge is 0.313 e. The SMILES string of the molecule is CCCC(=O)OC(=O)CCC.Cn1ccnc1. The number of nitrogens with zero attached hydrogens (tertiary/aromatic N) is 2. The number of rotatable bonds is 4. The quantitative estimate of drug-likeness (QED) is 0.597. The third kappa shape index (κ3) is 9.29. The molecule has 0 aliphatic rings. The molecule has 0 aliphatic heterocycles. The normalized spacial score (nSPS) is 9.12. The summed E-state index contributed by atoms with van der Waals surface area (Å²) in [5.74, 6) is -0.822. The summed E-state index contributed by atoms with van der Waals surface area (Å²) in [7, 11) is 1.94. The minimum atomic E-state index is -0.411. The van der Waals surface area contributed by atoms with Gasteiger partial charge in [0.05, 0.1) is 6.33 Å². The highest BCUT2D eigenvalue weighted by atomic mass is 16.6. The molecule has 5 heteroatoms. The van der Waals surface area contributed by atoms with Crippen LogP contribution >= 0.6 is 0 Å². The molecule has 0 atom stereocenters. The van der Waals surface area contributed by atoms with E-state index in [1.54, 1.807) is 12.5 Å².